The summed E-state index contributed by atoms with van der Waals surface area (Å²) >= 11 is 0. The number of hydrogen-bond donors (Lipinski definition) is 1. The van der Waals surface area contributed by atoms with Crippen molar-refractivity contribution in [1.82, 2.24) is 0 Å². The highest BCUT2D eigenvalue weighted by Crippen LogP contribution is 2.15. The maximum atomic E-state index is 10.4. The fourth-order valence-electron chi connectivity index (χ4n) is 3.17. The van der Waals surface area contributed by atoms with Crippen LogP contribution in [-0.4, -0.2) is 18.2 Å². The molecule has 1 aromatic carbocycles. The Hall–Kier alpha value is -1.51. The van der Waals surface area contributed by atoms with Crippen LogP contribution >= 0.6 is 0 Å². The number of ether oxygens (including phenoxy) is 1. The van der Waals surface area contributed by atoms with Crippen molar-refractivity contribution < 1.29 is 14.6 Å². The topological polar surface area (TPSA) is 46.5 Å². The lowest BCUT2D eigenvalue weighted by Gasteiger charge is -2.04. The van der Waals surface area contributed by atoms with Gasteiger partial charge >= 0.3 is 5.97 Å². The number of aryl methyl sites for hydroxylation is 1. The zero-order valence-corrected chi connectivity index (χ0v) is 16.0. The van der Waals surface area contributed by atoms with Crippen LogP contribution in [0.15, 0.2) is 24.3 Å². The van der Waals surface area contributed by atoms with E-state index in [2.05, 4.69) is 12.1 Å². The van der Waals surface area contributed by atoms with Gasteiger partial charge in [-0.25, -0.2) is 0 Å². The first-order chi connectivity index (χ1) is 12.2. The van der Waals surface area contributed by atoms with E-state index in [1.807, 2.05) is 12.1 Å². The van der Waals surface area contributed by atoms with Crippen molar-refractivity contribution in [2.24, 2.45) is 0 Å². The number of rotatable bonds is 16. The van der Waals surface area contributed by atoms with Crippen LogP contribution in [0.4, 0.5) is 0 Å². The molecule has 0 saturated heterocycles. The number of carbonyl (C=O) groups is 1. The van der Waals surface area contributed by atoms with Gasteiger partial charge in [0.1, 0.15) is 5.75 Å². The van der Waals surface area contributed by atoms with Crippen LogP contribution in [0.5, 0.6) is 5.75 Å². The maximum absolute atomic E-state index is 10.4. The quantitative estimate of drug-likeness (QED) is 0.352. The highest BCUT2D eigenvalue weighted by molar-refractivity contribution is 5.66. The fourth-order valence-corrected chi connectivity index (χ4v) is 3.17. The SMILES string of the molecule is COc1ccc(CCCCCCCCCCCCCCC(=O)O)cc1. The van der Waals surface area contributed by atoms with E-state index in [-0.39, 0.29) is 0 Å². The minimum atomic E-state index is -0.663. The smallest absolute Gasteiger partial charge is 0.303 e. The highest BCUT2D eigenvalue weighted by atomic mass is 16.5. The van der Waals surface area contributed by atoms with E-state index in [4.69, 9.17) is 9.84 Å². The van der Waals surface area contributed by atoms with Gasteiger partial charge in [-0.1, -0.05) is 76.3 Å². The summed E-state index contributed by atoms with van der Waals surface area (Å²) in [5, 5.41) is 8.56. The third-order valence-corrected chi connectivity index (χ3v) is 4.77. The molecule has 3 nitrogen and oxygen atoms in total. The normalized spacial score (nSPS) is 10.8. The van der Waals surface area contributed by atoms with E-state index < -0.39 is 5.97 Å². The Balaban J connectivity index is 1.80. The summed E-state index contributed by atoms with van der Waals surface area (Å²) in [6.45, 7) is 0. The molecular formula is C22H36O3. The molecule has 1 N–H and O–H groups in total. The third-order valence-electron chi connectivity index (χ3n) is 4.77. The Bertz CT molecular complexity index is 439. The van der Waals surface area contributed by atoms with Crippen LogP contribution < -0.4 is 4.74 Å². The molecule has 0 saturated carbocycles. The summed E-state index contributed by atoms with van der Waals surface area (Å²) in [7, 11) is 1.71. The van der Waals surface area contributed by atoms with Gasteiger partial charge in [0.2, 0.25) is 0 Å². The molecular weight excluding hydrogens is 312 g/mol. The molecule has 1 aromatic rings. The van der Waals surface area contributed by atoms with Crippen LogP contribution in [0.1, 0.15) is 89.0 Å². The van der Waals surface area contributed by atoms with Crippen molar-refractivity contribution in [2.45, 2.75) is 89.9 Å². The summed E-state index contributed by atoms with van der Waals surface area (Å²) in [5.74, 6) is 0.271. The largest absolute Gasteiger partial charge is 0.497 e. The third kappa shape index (κ3) is 12.5. The average Bonchev–Trinajstić information content (AvgIpc) is 2.62. The Morgan fingerprint density at radius 1 is 0.760 bits per heavy atom. The van der Waals surface area contributed by atoms with Crippen LogP contribution in [0.2, 0.25) is 0 Å². The zero-order chi connectivity index (χ0) is 18.2. The fraction of sp³-hybridized carbons (Fsp3) is 0.682. The number of methoxy groups -OCH3 is 1. The second kappa shape index (κ2) is 14.8. The molecule has 0 aromatic heterocycles. The van der Waals surface area contributed by atoms with Crippen LogP contribution in [0, 0.1) is 0 Å². The van der Waals surface area contributed by atoms with E-state index in [9.17, 15) is 4.79 Å². The van der Waals surface area contributed by atoms with Gasteiger partial charge in [0, 0.05) is 6.42 Å². The minimum Gasteiger partial charge on any atom is -0.497 e. The first-order valence-electron chi connectivity index (χ1n) is 10.1. The van der Waals surface area contributed by atoms with Crippen molar-refractivity contribution in [3.63, 3.8) is 0 Å². The van der Waals surface area contributed by atoms with Gasteiger partial charge in [0.05, 0.1) is 7.11 Å². The second-order valence-electron chi connectivity index (χ2n) is 6.98. The van der Waals surface area contributed by atoms with Gasteiger partial charge in [0.25, 0.3) is 0 Å². The molecule has 0 heterocycles. The Morgan fingerprint density at radius 2 is 1.20 bits per heavy atom. The molecule has 0 unspecified atom stereocenters. The van der Waals surface area contributed by atoms with Gasteiger partial charge in [0.15, 0.2) is 0 Å². The number of hydrogen-bond acceptors (Lipinski definition) is 2. The summed E-state index contributed by atoms with van der Waals surface area (Å²) in [6.07, 6.45) is 16.6. The van der Waals surface area contributed by atoms with Crippen molar-refractivity contribution >= 4 is 5.97 Å². The predicted octanol–water partition coefficient (Wildman–Crippen LogP) is 6.39. The van der Waals surface area contributed by atoms with Crippen molar-refractivity contribution in [1.29, 1.82) is 0 Å². The van der Waals surface area contributed by atoms with E-state index in [0.717, 1.165) is 18.6 Å². The molecule has 0 atom stereocenters. The molecule has 0 spiro atoms. The zero-order valence-electron chi connectivity index (χ0n) is 16.0. The first kappa shape index (κ1) is 21.5. The van der Waals surface area contributed by atoms with Gasteiger partial charge in [-0.05, 0) is 37.0 Å². The van der Waals surface area contributed by atoms with Crippen molar-refractivity contribution in [2.75, 3.05) is 7.11 Å². The molecule has 0 aliphatic carbocycles. The second-order valence-corrected chi connectivity index (χ2v) is 6.98. The van der Waals surface area contributed by atoms with Crippen molar-refractivity contribution in [3.8, 4) is 5.75 Å². The van der Waals surface area contributed by atoms with E-state index >= 15 is 0 Å². The molecule has 0 radical (unpaired) electrons. The number of carboxylic acids is 1. The van der Waals surface area contributed by atoms with Gasteiger partial charge in [-0.3, -0.25) is 4.79 Å². The van der Waals surface area contributed by atoms with Gasteiger partial charge in [-0.2, -0.15) is 0 Å². The lowest BCUT2D eigenvalue weighted by Crippen LogP contribution is -1.93. The molecule has 0 aliphatic heterocycles. The highest BCUT2D eigenvalue weighted by Gasteiger charge is 1.98. The number of benzene rings is 1. The van der Waals surface area contributed by atoms with Crippen LogP contribution in [0.3, 0.4) is 0 Å². The van der Waals surface area contributed by atoms with E-state index in [0.29, 0.717) is 6.42 Å². The van der Waals surface area contributed by atoms with Crippen molar-refractivity contribution in [3.05, 3.63) is 29.8 Å². The number of carboxylic acid groups (broad SMARTS) is 1. The average molecular weight is 349 g/mol. The summed E-state index contributed by atoms with van der Waals surface area (Å²) < 4.78 is 5.18. The molecule has 0 aliphatic rings. The molecule has 1 rings (SSSR count). The monoisotopic (exact) mass is 348 g/mol. The molecule has 0 fully saturated rings. The molecule has 0 amide bonds. The molecule has 25 heavy (non-hydrogen) atoms. The van der Waals surface area contributed by atoms with E-state index in [1.165, 1.54) is 76.2 Å². The Kier molecular flexibility index (Phi) is 12.7. The minimum absolute atomic E-state index is 0.332. The van der Waals surface area contributed by atoms with Crippen LogP contribution in [-0.2, 0) is 11.2 Å². The molecule has 142 valence electrons. The van der Waals surface area contributed by atoms with Gasteiger partial charge < -0.3 is 9.84 Å². The Labute approximate surface area is 153 Å². The van der Waals surface area contributed by atoms with E-state index in [1.54, 1.807) is 7.11 Å². The lowest BCUT2D eigenvalue weighted by atomic mass is 10.0. The summed E-state index contributed by atoms with van der Waals surface area (Å²) in [4.78, 5) is 10.4. The molecule has 3 heteroatoms. The number of unbranched alkanes of at least 4 members (excludes halogenated alkanes) is 11. The Morgan fingerprint density at radius 3 is 1.64 bits per heavy atom. The summed E-state index contributed by atoms with van der Waals surface area (Å²) in [5.41, 5.74) is 1.41. The molecule has 0 bridgehead atoms. The first-order valence-corrected chi connectivity index (χ1v) is 10.1. The summed E-state index contributed by atoms with van der Waals surface area (Å²) in [6, 6.07) is 8.42. The number of aliphatic carboxylic acids is 1. The standard InChI is InChI=1S/C22H36O3/c1-25-21-18-16-20(17-19-21)14-12-10-8-6-4-2-3-5-7-9-11-13-15-22(23)24/h16-19H,2-15H2,1H3,(H,23,24). The predicted molar refractivity (Wildman–Crippen MR) is 104 cm³/mol. The maximum Gasteiger partial charge on any atom is 0.303 e. The van der Waals surface area contributed by atoms with Gasteiger partial charge in [-0.15, -0.1) is 0 Å². The van der Waals surface area contributed by atoms with Crippen LogP contribution in [0.25, 0.3) is 0 Å². The lowest BCUT2D eigenvalue weighted by molar-refractivity contribution is -0.137.